The highest BCUT2D eigenvalue weighted by Crippen LogP contribution is 2.29. The SMILES string of the molecule is CCCC(NC(=O)[C@@H]1CN(C(=O)c2ccccc2)C[C@@H]1NC(=O)C(NC(=O)[C@@H](NC(=O)c1cnccn1)C1CCCCC1)C(C)(C)C)C(=O)C(=O)NC1CC1. The number of Topliss-reactive ketones (excluding diaryl/α,β-unsaturated/α-hetero) is 1. The molecule has 55 heavy (non-hydrogen) atoms. The second kappa shape index (κ2) is 18.4. The van der Waals surface area contributed by atoms with Gasteiger partial charge >= 0.3 is 0 Å². The number of rotatable bonds is 15. The van der Waals surface area contributed by atoms with Crippen LogP contribution in [0, 0.1) is 17.3 Å². The Morgan fingerprint density at radius 1 is 0.836 bits per heavy atom. The van der Waals surface area contributed by atoms with Crippen molar-refractivity contribution in [1.29, 1.82) is 0 Å². The molecule has 5 atom stereocenters. The van der Waals surface area contributed by atoms with E-state index in [1.165, 1.54) is 23.5 Å². The number of aromatic nitrogens is 2. The van der Waals surface area contributed by atoms with Crippen LogP contribution >= 0.6 is 0 Å². The van der Waals surface area contributed by atoms with Crippen LogP contribution in [0.5, 0.6) is 0 Å². The normalized spacial score (nSPS) is 20.3. The topological polar surface area (TPSA) is 209 Å². The maximum atomic E-state index is 14.3. The Labute approximate surface area is 321 Å². The summed E-state index contributed by atoms with van der Waals surface area (Å²) in [7, 11) is 0. The van der Waals surface area contributed by atoms with E-state index in [2.05, 4.69) is 36.6 Å². The van der Waals surface area contributed by atoms with Crippen molar-refractivity contribution in [2.75, 3.05) is 13.1 Å². The standard InChI is InChI=1S/C40H54N8O7/c1-5-12-28(32(49)37(53)43-26-17-18-26)44-34(50)27-22-48(39(55)25-15-10-7-11-16-25)23-30(27)45-38(54)33(40(2,3)4)47-36(52)31(24-13-8-6-9-14-24)46-35(51)29-21-41-19-20-42-29/h7,10-11,15-16,19-21,24,26-28,30-31,33H,5-6,8-9,12-14,17-18,22-23H2,1-4H3,(H,43,53)(H,44,50)(H,45,54)(H,46,51)(H,47,52)/t27-,28?,30+,31+,33?/m1/s1. The number of ketones is 1. The molecule has 3 aliphatic rings. The monoisotopic (exact) mass is 758 g/mol. The lowest BCUT2D eigenvalue weighted by molar-refractivity contribution is -0.140. The number of hydrogen-bond donors (Lipinski definition) is 5. The summed E-state index contributed by atoms with van der Waals surface area (Å²) < 4.78 is 0. The Morgan fingerprint density at radius 2 is 1.55 bits per heavy atom. The second-order valence-corrected chi connectivity index (χ2v) is 16.0. The first kappa shape index (κ1) is 41.0. The Hall–Kier alpha value is -5.21. The minimum atomic E-state index is -1.11. The molecule has 2 aliphatic carbocycles. The van der Waals surface area contributed by atoms with Gasteiger partial charge < -0.3 is 31.5 Å². The zero-order chi connectivity index (χ0) is 39.7. The number of nitrogens with one attached hydrogen (secondary N) is 5. The molecule has 15 heteroatoms. The van der Waals surface area contributed by atoms with Crippen molar-refractivity contribution in [3.8, 4) is 0 Å². The highest BCUT2D eigenvalue weighted by atomic mass is 16.2. The predicted octanol–water partition coefficient (Wildman–Crippen LogP) is 2.08. The Kier molecular flexibility index (Phi) is 13.7. The molecule has 2 unspecified atom stereocenters. The van der Waals surface area contributed by atoms with E-state index in [1.807, 2.05) is 6.92 Å². The maximum Gasteiger partial charge on any atom is 0.289 e. The van der Waals surface area contributed by atoms with Crippen LogP contribution in [0.1, 0.15) is 106 Å². The average Bonchev–Trinajstić information content (AvgIpc) is 3.90. The molecule has 15 nitrogen and oxygen atoms in total. The fraction of sp³-hybridized carbons (Fsp3) is 0.575. The molecular weight excluding hydrogens is 704 g/mol. The number of nitrogens with zero attached hydrogens (tertiary/aromatic N) is 3. The van der Waals surface area contributed by atoms with Crippen molar-refractivity contribution >= 4 is 41.2 Å². The van der Waals surface area contributed by atoms with Gasteiger partial charge in [0.2, 0.25) is 23.5 Å². The molecule has 0 radical (unpaired) electrons. The summed E-state index contributed by atoms with van der Waals surface area (Å²) in [5.74, 6) is -5.21. The molecule has 1 aromatic heterocycles. The van der Waals surface area contributed by atoms with Gasteiger partial charge in [-0.05, 0) is 55.6 Å². The van der Waals surface area contributed by atoms with Crippen molar-refractivity contribution in [2.24, 2.45) is 17.3 Å². The molecule has 6 amide bonds. The molecule has 0 bridgehead atoms. The minimum absolute atomic E-state index is 0.0181. The van der Waals surface area contributed by atoms with Gasteiger partial charge in [-0.25, -0.2) is 4.98 Å². The van der Waals surface area contributed by atoms with E-state index in [0.29, 0.717) is 12.0 Å². The first-order chi connectivity index (χ1) is 26.3. The fourth-order valence-electron chi connectivity index (χ4n) is 7.29. The maximum absolute atomic E-state index is 14.3. The molecule has 1 aliphatic heterocycles. The summed E-state index contributed by atoms with van der Waals surface area (Å²) in [5.41, 5.74) is -0.357. The number of carbonyl (C=O) groups is 7. The third kappa shape index (κ3) is 10.9. The smallest absolute Gasteiger partial charge is 0.289 e. The number of carbonyl (C=O) groups excluding carboxylic acids is 7. The number of amides is 6. The van der Waals surface area contributed by atoms with Crippen LogP contribution in [0.2, 0.25) is 0 Å². The number of benzene rings is 1. The molecule has 0 spiro atoms. The van der Waals surface area contributed by atoms with Gasteiger partial charge in [0.1, 0.15) is 17.8 Å². The Morgan fingerprint density at radius 3 is 2.16 bits per heavy atom. The first-order valence-corrected chi connectivity index (χ1v) is 19.4. The minimum Gasteiger partial charge on any atom is -0.349 e. The molecule has 1 aromatic carbocycles. The van der Waals surface area contributed by atoms with Crippen LogP contribution in [0.3, 0.4) is 0 Å². The van der Waals surface area contributed by atoms with Crippen LogP contribution in [0.25, 0.3) is 0 Å². The molecule has 1 saturated heterocycles. The summed E-state index contributed by atoms with van der Waals surface area (Å²) in [4.78, 5) is 105. The summed E-state index contributed by atoms with van der Waals surface area (Å²) >= 11 is 0. The van der Waals surface area contributed by atoms with Crippen LogP contribution in [0.15, 0.2) is 48.9 Å². The largest absolute Gasteiger partial charge is 0.349 e. The van der Waals surface area contributed by atoms with E-state index in [0.717, 1.165) is 44.9 Å². The van der Waals surface area contributed by atoms with E-state index in [1.54, 1.807) is 51.1 Å². The molecule has 5 N–H and O–H groups in total. The average molecular weight is 759 g/mol. The highest BCUT2D eigenvalue weighted by molar-refractivity contribution is 6.38. The Bertz CT molecular complexity index is 1710. The van der Waals surface area contributed by atoms with Crippen molar-refractivity contribution in [1.82, 2.24) is 41.5 Å². The van der Waals surface area contributed by atoms with Crippen LogP contribution in [-0.4, -0.2) is 99.4 Å². The van der Waals surface area contributed by atoms with Gasteiger partial charge in [-0.15, -0.1) is 0 Å². The summed E-state index contributed by atoms with van der Waals surface area (Å²) in [5, 5.41) is 14.2. The van der Waals surface area contributed by atoms with E-state index in [-0.39, 0.29) is 43.1 Å². The van der Waals surface area contributed by atoms with E-state index >= 15 is 0 Å². The fourth-order valence-corrected chi connectivity index (χ4v) is 7.29. The zero-order valence-electron chi connectivity index (χ0n) is 32.1. The van der Waals surface area contributed by atoms with E-state index < -0.39 is 70.8 Å². The molecule has 296 valence electrons. The summed E-state index contributed by atoms with van der Waals surface area (Å²) in [6, 6.07) is 4.50. The summed E-state index contributed by atoms with van der Waals surface area (Å²) in [6.45, 7) is 7.15. The molecular formula is C40H54N8O7. The van der Waals surface area contributed by atoms with Gasteiger partial charge in [-0.1, -0.05) is 71.6 Å². The van der Waals surface area contributed by atoms with Crippen molar-refractivity contribution < 1.29 is 33.6 Å². The van der Waals surface area contributed by atoms with Crippen molar-refractivity contribution in [3.05, 3.63) is 60.2 Å². The third-order valence-corrected chi connectivity index (χ3v) is 10.5. The molecule has 2 saturated carbocycles. The predicted molar refractivity (Wildman–Crippen MR) is 202 cm³/mol. The van der Waals surface area contributed by atoms with Gasteiger partial charge in [0.05, 0.1) is 24.2 Å². The first-order valence-electron chi connectivity index (χ1n) is 19.4. The van der Waals surface area contributed by atoms with Crippen LogP contribution in [0.4, 0.5) is 0 Å². The lowest BCUT2D eigenvalue weighted by atomic mass is 9.82. The lowest BCUT2D eigenvalue weighted by Gasteiger charge is -2.35. The summed E-state index contributed by atoms with van der Waals surface area (Å²) in [6.07, 6.45) is 10.8. The van der Waals surface area contributed by atoms with E-state index in [9.17, 15) is 33.6 Å². The van der Waals surface area contributed by atoms with Crippen molar-refractivity contribution in [2.45, 2.75) is 116 Å². The van der Waals surface area contributed by atoms with E-state index in [4.69, 9.17) is 0 Å². The quantitative estimate of drug-likeness (QED) is 0.168. The van der Waals surface area contributed by atoms with Gasteiger partial charge in [-0.2, -0.15) is 0 Å². The molecule has 3 fully saturated rings. The highest BCUT2D eigenvalue weighted by Gasteiger charge is 2.45. The number of hydrogen-bond acceptors (Lipinski definition) is 9. The molecule has 5 rings (SSSR count). The van der Waals surface area contributed by atoms with Gasteiger partial charge in [-0.3, -0.25) is 38.5 Å². The van der Waals surface area contributed by atoms with Crippen molar-refractivity contribution in [3.63, 3.8) is 0 Å². The third-order valence-electron chi connectivity index (χ3n) is 10.5. The zero-order valence-corrected chi connectivity index (χ0v) is 32.1. The van der Waals surface area contributed by atoms with Crippen LogP contribution in [-0.2, 0) is 24.0 Å². The van der Waals surface area contributed by atoms with Gasteiger partial charge in [0.15, 0.2) is 0 Å². The van der Waals surface area contributed by atoms with Crippen LogP contribution < -0.4 is 26.6 Å². The Balaban J connectivity index is 1.36. The second-order valence-electron chi connectivity index (χ2n) is 16.0. The van der Waals surface area contributed by atoms with Gasteiger partial charge in [0, 0.05) is 37.1 Å². The lowest BCUT2D eigenvalue weighted by Crippen LogP contribution is -2.61. The van der Waals surface area contributed by atoms with Gasteiger partial charge in [0.25, 0.3) is 17.7 Å². The molecule has 2 aromatic rings. The molecule has 2 heterocycles. The number of likely N-dealkylation sites (tertiary alicyclic amines) is 1.